The molecule has 0 unspecified atom stereocenters. The minimum atomic E-state index is -0.512. The van der Waals surface area contributed by atoms with E-state index >= 15 is 0 Å². The number of carbonyl (C=O) groups is 3. The first-order chi connectivity index (χ1) is 16.8. The molecule has 0 fully saturated rings. The maximum absolute atomic E-state index is 13.8. The number of likely N-dealkylation sites (N-methyl/N-ethyl adjacent to an activating group) is 1. The van der Waals surface area contributed by atoms with Crippen LogP contribution in [0.25, 0.3) is 0 Å². The molecule has 2 N–H and O–H groups in total. The number of nitrogens with two attached hydrogens (primary N) is 1. The molecule has 1 aliphatic rings. The minimum Gasteiger partial charge on any atom is -0.497 e. The molecule has 7 nitrogen and oxygen atoms in total. The molecule has 1 heterocycles. The molecule has 3 amide bonds. The fourth-order valence-corrected chi connectivity index (χ4v) is 4.69. The number of ether oxygens (including phenoxy) is 1. The van der Waals surface area contributed by atoms with Gasteiger partial charge in [0.2, 0.25) is 11.8 Å². The molecule has 0 spiro atoms. The Hall–Kier alpha value is -4.13. The van der Waals surface area contributed by atoms with Crippen molar-refractivity contribution in [1.29, 1.82) is 0 Å². The number of hydrogen-bond acceptors (Lipinski definition) is 4. The minimum absolute atomic E-state index is 0.0461. The van der Waals surface area contributed by atoms with Crippen molar-refractivity contribution in [2.24, 2.45) is 5.73 Å². The lowest BCUT2D eigenvalue weighted by molar-refractivity contribution is -0.120. The summed E-state index contributed by atoms with van der Waals surface area (Å²) in [7, 11) is 1.59. The Bertz CT molecular complexity index is 1240. The van der Waals surface area contributed by atoms with E-state index < -0.39 is 11.8 Å². The Morgan fingerprint density at radius 1 is 0.971 bits per heavy atom. The van der Waals surface area contributed by atoms with Crippen LogP contribution in [0.2, 0.25) is 0 Å². The summed E-state index contributed by atoms with van der Waals surface area (Å²) in [4.78, 5) is 42.2. The van der Waals surface area contributed by atoms with Gasteiger partial charge in [-0.1, -0.05) is 18.2 Å². The zero-order chi connectivity index (χ0) is 25.1. The van der Waals surface area contributed by atoms with Crippen molar-refractivity contribution in [3.63, 3.8) is 0 Å². The molecule has 3 aromatic rings. The third-order valence-corrected chi connectivity index (χ3v) is 6.49. The van der Waals surface area contributed by atoms with Gasteiger partial charge < -0.3 is 20.3 Å². The maximum atomic E-state index is 13.8. The largest absolute Gasteiger partial charge is 0.497 e. The summed E-state index contributed by atoms with van der Waals surface area (Å²) in [5, 5.41) is 0. The monoisotopic (exact) mass is 471 g/mol. The number of benzene rings is 3. The lowest BCUT2D eigenvalue weighted by atomic mass is 9.84. The molecular formula is C28H29N3O4. The summed E-state index contributed by atoms with van der Waals surface area (Å²) in [6, 6.07) is 21.2. The van der Waals surface area contributed by atoms with E-state index in [2.05, 4.69) is 0 Å². The van der Waals surface area contributed by atoms with Crippen molar-refractivity contribution in [1.82, 2.24) is 0 Å². The Labute approximate surface area is 205 Å². The molecule has 0 aliphatic carbocycles. The third-order valence-electron chi connectivity index (χ3n) is 6.49. The molecule has 3 aromatic carbocycles. The molecule has 0 aromatic heterocycles. The smallest absolute Gasteiger partial charge is 0.258 e. The summed E-state index contributed by atoms with van der Waals surface area (Å²) in [5.41, 5.74) is 8.56. The molecule has 0 bridgehead atoms. The number of carbonyl (C=O) groups excluding carboxylic acids is 3. The quantitative estimate of drug-likeness (QED) is 0.578. The zero-order valence-electron chi connectivity index (χ0n) is 20.1. The van der Waals surface area contributed by atoms with Gasteiger partial charge in [-0.05, 0) is 80.4 Å². The van der Waals surface area contributed by atoms with E-state index in [1.807, 2.05) is 38.1 Å². The van der Waals surface area contributed by atoms with Crippen LogP contribution >= 0.6 is 0 Å². The highest BCUT2D eigenvalue weighted by molar-refractivity contribution is 6.09. The van der Waals surface area contributed by atoms with E-state index in [1.54, 1.807) is 65.4 Å². The van der Waals surface area contributed by atoms with Crippen LogP contribution in [0.4, 0.5) is 11.4 Å². The molecule has 2 atom stereocenters. The van der Waals surface area contributed by atoms with Gasteiger partial charge in [-0.3, -0.25) is 14.4 Å². The van der Waals surface area contributed by atoms with E-state index in [0.29, 0.717) is 35.5 Å². The Morgan fingerprint density at radius 3 is 2.20 bits per heavy atom. The number of anilines is 2. The molecule has 0 radical (unpaired) electrons. The standard InChI is InChI=1S/C28H29N3O4/c1-4-30(21-13-9-19(10-14-21)26(29)32)28(34)24-17-18(2)31(25-8-6-5-7-23(24)25)27(33)20-11-15-22(35-3)16-12-20/h5-16,18,24H,4,17H2,1-3H3,(H2,29,32)/t18-,24-/m0/s1. The van der Waals surface area contributed by atoms with Gasteiger partial charge in [0.25, 0.3) is 5.91 Å². The van der Waals surface area contributed by atoms with Gasteiger partial charge in [-0.15, -0.1) is 0 Å². The number of para-hydroxylation sites is 1. The second-order valence-corrected chi connectivity index (χ2v) is 8.59. The van der Waals surface area contributed by atoms with Crippen LogP contribution in [0.5, 0.6) is 5.75 Å². The van der Waals surface area contributed by atoms with Crippen LogP contribution in [0.15, 0.2) is 72.8 Å². The average Bonchev–Trinajstić information content (AvgIpc) is 2.88. The topological polar surface area (TPSA) is 92.9 Å². The highest BCUT2D eigenvalue weighted by Gasteiger charge is 2.38. The molecule has 0 saturated heterocycles. The van der Waals surface area contributed by atoms with Crippen molar-refractivity contribution in [3.8, 4) is 5.75 Å². The van der Waals surface area contributed by atoms with E-state index in [1.165, 1.54) is 0 Å². The molecule has 180 valence electrons. The highest BCUT2D eigenvalue weighted by Crippen LogP contribution is 2.40. The third kappa shape index (κ3) is 4.62. The van der Waals surface area contributed by atoms with Gasteiger partial charge in [0.1, 0.15) is 5.75 Å². The molecule has 4 rings (SSSR count). The summed E-state index contributed by atoms with van der Waals surface area (Å²) < 4.78 is 5.21. The fraction of sp³-hybridized carbons (Fsp3) is 0.250. The highest BCUT2D eigenvalue weighted by atomic mass is 16.5. The molecule has 0 saturated carbocycles. The maximum Gasteiger partial charge on any atom is 0.258 e. The first-order valence-electron chi connectivity index (χ1n) is 11.6. The number of primary amides is 1. The first kappa shape index (κ1) is 24.0. The fourth-order valence-electron chi connectivity index (χ4n) is 4.69. The number of amides is 3. The van der Waals surface area contributed by atoms with Crippen LogP contribution in [0, 0.1) is 0 Å². The predicted octanol–water partition coefficient (Wildman–Crippen LogP) is 4.37. The van der Waals surface area contributed by atoms with Crippen LogP contribution < -0.4 is 20.3 Å². The van der Waals surface area contributed by atoms with Gasteiger partial charge in [0.05, 0.1) is 13.0 Å². The Kier molecular flexibility index (Phi) is 6.87. The van der Waals surface area contributed by atoms with Crippen LogP contribution in [0.1, 0.15) is 52.5 Å². The van der Waals surface area contributed by atoms with Crippen molar-refractivity contribution >= 4 is 29.1 Å². The SMILES string of the molecule is CCN(C(=O)[C@H]1C[C@H](C)N(C(=O)c2ccc(OC)cc2)c2ccccc21)c1ccc(C(N)=O)cc1. The van der Waals surface area contributed by atoms with Crippen molar-refractivity contribution < 1.29 is 19.1 Å². The number of hydrogen-bond donors (Lipinski definition) is 1. The lowest BCUT2D eigenvalue weighted by Gasteiger charge is -2.40. The van der Waals surface area contributed by atoms with Gasteiger partial charge in [0, 0.05) is 35.1 Å². The lowest BCUT2D eigenvalue weighted by Crippen LogP contribution is -2.46. The number of methoxy groups -OCH3 is 1. The molecule has 1 aliphatic heterocycles. The van der Waals surface area contributed by atoms with Crippen molar-refractivity contribution in [3.05, 3.63) is 89.5 Å². The van der Waals surface area contributed by atoms with Crippen LogP contribution in [0.3, 0.4) is 0 Å². The molecular weight excluding hydrogens is 442 g/mol. The second-order valence-electron chi connectivity index (χ2n) is 8.59. The zero-order valence-corrected chi connectivity index (χ0v) is 20.1. The second kappa shape index (κ2) is 10.0. The molecule has 7 heteroatoms. The van der Waals surface area contributed by atoms with E-state index in [0.717, 1.165) is 11.3 Å². The average molecular weight is 472 g/mol. The van der Waals surface area contributed by atoms with Crippen LogP contribution in [-0.4, -0.2) is 37.4 Å². The first-order valence-corrected chi connectivity index (χ1v) is 11.6. The Morgan fingerprint density at radius 2 is 1.60 bits per heavy atom. The van der Waals surface area contributed by atoms with Gasteiger partial charge in [0.15, 0.2) is 0 Å². The van der Waals surface area contributed by atoms with Gasteiger partial charge >= 0.3 is 0 Å². The number of nitrogens with zero attached hydrogens (tertiary/aromatic N) is 2. The van der Waals surface area contributed by atoms with E-state index in [4.69, 9.17) is 10.5 Å². The summed E-state index contributed by atoms with van der Waals surface area (Å²) >= 11 is 0. The van der Waals surface area contributed by atoms with Crippen molar-refractivity contribution in [2.45, 2.75) is 32.2 Å². The number of rotatable bonds is 6. The van der Waals surface area contributed by atoms with E-state index in [-0.39, 0.29) is 17.9 Å². The van der Waals surface area contributed by atoms with Gasteiger partial charge in [-0.25, -0.2) is 0 Å². The summed E-state index contributed by atoms with van der Waals surface area (Å²) in [6.45, 7) is 4.35. The number of fused-ring (bicyclic) bond motifs is 1. The van der Waals surface area contributed by atoms with Crippen molar-refractivity contribution in [2.75, 3.05) is 23.5 Å². The summed E-state index contributed by atoms with van der Waals surface area (Å²) in [5.74, 6) is -0.398. The van der Waals surface area contributed by atoms with Gasteiger partial charge in [-0.2, -0.15) is 0 Å². The van der Waals surface area contributed by atoms with Crippen LogP contribution in [-0.2, 0) is 4.79 Å². The van der Waals surface area contributed by atoms with E-state index in [9.17, 15) is 14.4 Å². The molecule has 35 heavy (non-hydrogen) atoms. The predicted molar refractivity (Wildman–Crippen MR) is 136 cm³/mol. The summed E-state index contributed by atoms with van der Waals surface area (Å²) in [6.07, 6.45) is 0.494. The Balaban J connectivity index is 1.66. The normalized spacial score (nSPS) is 16.8.